The summed E-state index contributed by atoms with van der Waals surface area (Å²) < 4.78 is 0. The molecule has 1 N–H and O–H groups in total. The first kappa shape index (κ1) is 15.1. The molecule has 1 heterocycles. The maximum atomic E-state index is 4.44. The van der Waals surface area contributed by atoms with Crippen molar-refractivity contribution < 1.29 is 0 Å². The fourth-order valence-electron chi connectivity index (χ4n) is 1.93. The van der Waals surface area contributed by atoms with E-state index in [-0.39, 0.29) is 0 Å². The Bertz CT molecular complexity index is 357. The average molecular weight is 268 g/mol. The molecule has 0 saturated heterocycles. The van der Waals surface area contributed by atoms with E-state index in [0.29, 0.717) is 0 Å². The number of thioether (sulfide) groups is 1. The number of hydrogen-bond acceptors (Lipinski definition) is 5. The Morgan fingerprint density at radius 2 is 2.11 bits per heavy atom. The predicted molar refractivity (Wildman–Crippen MR) is 81.8 cm³/mol. The molecule has 0 amide bonds. The van der Waals surface area contributed by atoms with E-state index in [1.165, 1.54) is 17.7 Å². The van der Waals surface area contributed by atoms with E-state index in [0.717, 1.165) is 31.1 Å². The number of nitrogens with zero attached hydrogens (tertiary/aromatic N) is 3. The molecule has 4 nitrogen and oxygen atoms in total. The number of hydrogen-bond donors (Lipinski definition) is 1. The van der Waals surface area contributed by atoms with Crippen molar-refractivity contribution in [1.29, 1.82) is 0 Å². The molecule has 0 bridgehead atoms. The molecule has 0 aliphatic heterocycles. The summed E-state index contributed by atoms with van der Waals surface area (Å²) in [5.74, 6) is 3.23. The summed E-state index contributed by atoms with van der Waals surface area (Å²) in [6.45, 7) is 6.16. The van der Waals surface area contributed by atoms with Gasteiger partial charge in [0, 0.05) is 25.7 Å². The van der Waals surface area contributed by atoms with Gasteiger partial charge in [-0.25, -0.2) is 9.97 Å². The van der Waals surface area contributed by atoms with Crippen LogP contribution in [0.25, 0.3) is 0 Å². The van der Waals surface area contributed by atoms with Gasteiger partial charge in [0.05, 0.1) is 0 Å². The highest BCUT2D eigenvalue weighted by Crippen LogP contribution is 2.23. The van der Waals surface area contributed by atoms with Crippen molar-refractivity contribution >= 4 is 23.4 Å². The molecule has 1 rings (SSSR count). The van der Waals surface area contributed by atoms with Gasteiger partial charge in [-0.05, 0) is 31.8 Å². The topological polar surface area (TPSA) is 41.1 Å². The maximum Gasteiger partial charge on any atom is 0.137 e. The monoisotopic (exact) mass is 268 g/mol. The van der Waals surface area contributed by atoms with Crippen LogP contribution in [0.15, 0.2) is 6.33 Å². The highest BCUT2D eigenvalue weighted by molar-refractivity contribution is 7.98. The molecule has 0 radical (unpaired) electrons. The van der Waals surface area contributed by atoms with Crippen molar-refractivity contribution in [3.8, 4) is 0 Å². The molecule has 0 spiro atoms. The van der Waals surface area contributed by atoms with Crippen LogP contribution < -0.4 is 10.2 Å². The Kier molecular flexibility index (Phi) is 6.86. The number of aromatic nitrogens is 2. The van der Waals surface area contributed by atoms with Crippen LogP contribution in [-0.2, 0) is 6.42 Å². The Hall–Kier alpha value is -0.970. The average Bonchev–Trinajstić information content (AvgIpc) is 2.39. The quantitative estimate of drug-likeness (QED) is 0.734. The molecule has 0 aliphatic rings. The third kappa shape index (κ3) is 4.05. The van der Waals surface area contributed by atoms with Gasteiger partial charge in [0.2, 0.25) is 0 Å². The summed E-state index contributed by atoms with van der Waals surface area (Å²) in [6, 6.07) is 0. The molecule has 0 aliphatic carbocycles. The third-order valence-electron chi connectivity index (χ3n) is 2.82. The third-order valence-corrected chi connectivity index (χ3v) is 3.52. The molecular weight excluding hydrogens is 244 g/mol. The lowest BCUT2D eigenvalue weighted by atomic mass is 10.2. The fraction of sp³-hybridized carbons (Fsp3) is 0.692. The summed E-state index contributed by atoms with van der Waals surface area (Å²) >= 11 is 1.89. The summed E-state index contributed by atoms with van der Waals surface area (Å²) in [6.07, 6.45) is 5.93. The van der Waals surface area contributed by atoms with Crippen LogP contribution in [-0.4, -0.2) is 42.1 Å². The summed E-state index contributed by atoms with van der Waals surface area (Å²) in [4.78, 5) is 11.0. The van der Waals surface area contributed by atoms with Gasteiger partial charge in [-0.15, -0.1) is 0 Å². The van der Waals surface area contributed by atoms with Gasteiger partial charge in [0.1, 0.15) is 18.0 Å². The van der Waals surface area contributed by atoms with Gasteiger partial charge in [-0.1, -0.05) is 6.92 Å². The van der Waals surface area contributed by atoms with Crippen LogP contribution >= 0.6 is 11.8 Å². The van der Waals surface area contributed by atoms with Crippen molar-refractivity contribution in [1.82, 2.24) is 9.97 Å². The van der Waals surface area contributed by atoms with Crippen molar-refractivity contribution in [2.24, 2.45) is 0 Å². The summed E-state index contributed by atoms with van der Waals surface area (Å²) in [5, 5.41) is 3.31. The van der Waals surface area contributed by atoms with E-state index in [9.17, 15) is 0 Å². The minimum Gasteiger partial charge on any atom is -0.370 e. The first-order valence-corrected chi connectivity index (χ1v) is 7.91. The lowest BCUT2D eigenvalue weighted by Crippen LogP contribution is -2.22. The lowest BCUT2D eigenvalue weighted by Gasteiger charge is -2.22. The van der Waals surface area contributed by atoms with Crippen LogP contribution in [0.3, 0.4) is 0 Å². The van der Waals surface area contributed by atoms with Crippen LogP contribution in [0.1, 0.15) is 25.8 Å². The van der Waals surface area contributed by atoms with Crippen LogP contribution in [0.2, 0.25) is 0 Å². The van der Waals surface area contributed by atoms with Crippen molar-refractivity contribution in [2.45, 2.75) is 26.7 Å². The molecule has 0 fully saturated rings. The second kappa shape index (κ2) is 8.19. The van der Waals surface area contributed by atoms with Gasteiger partial charge in [0.25, 0.3) is 0 Å². The van der Waals surface area contributed by atoms with Crippen LogP contribution in [0.5, 0.6) is 0 Å². The van der Waals surface area contributed by atoms with Crippen LogP contribution in [0, 0.1) is 0 Å². The first-order valence-electron chi connectivity index (χ1n) is 6.52. The van der Waals surface area contributed by atoms with Crippen LogP contribution in [0.4, 0.5) is 11.6 Å². The highest BCUT2D eigenvalue weighted by Gasteiger charge is 2.12. The zero-order valence-corrected chi connectivity index (χ0v) is 12.7. The molecule has 5 heteroatoms. The summed E-state index contributed by atoms with van der Waals surface area (Å²) in [5.41, 5.74) is 1.21. The zero-order valence-electron chi connectivity index (χ0n) is 11.9. The van der Waals surface area contributed by atoms with E-state index >= 15 is 0 Å². The van der Waals surface area contributed by atoms with Gasteiger partial charge in [-0.2, -0.15) is 11.8 Å². The van der Waals surface area contributed by atoms with E-state index < -0.39 is 0 Å². The van der Waals surface area contributed by atoms with Gasteiger partial charge < -0.3 is 10.2 Å². The van der Waals surface area contributed by atoms with E-state index in [4.69, 9.17) is 0 Å². The Morgan fingerprint density at radius 3 is 2.72 bits per heavy atom. The molecule has 102 valence electrons. The van der Waals surface area contributed by atoms with Crippen molar-refractivity contribution in [3.05, 3.63) is 11.9 Å². The smallest absolute Gasteiger partial charge is 0.137 e. The second-order valence-corrected chi connectivity index (χ2v) is 5.16. The normalized spacial score (nSPS) is 10.4. The fourth-order valence-corrected chi connectivity index (χ4v) is 2.35. The second-order valence-electron chi connectivity index (χ2n) is 4.18. The predicted octanol–water partition coefficient (Wildman–Crippen LogP) is 2.66. The molecular formula is C13H24N4S. The molecule has 18 heavy (non-hydrogen) atoms. The minimum atomic E-state index is 0.889. The molecule has 0 unspecified atom stereocenters. The Morgan fingerprint density at radius 1 is 1.33 bits per heavy atom. The Balaban J connectivity index is 2.82. The van der Waals surface area contributed by atoms with E-state index in [1.807, 2.05) is 11.8 Å². The number of nitrogens with one attached hydrogen (secondary N) is 1. The molecule has 1 aromatic heterocycles. The van der Waals surface area contributed by atoms with Gasteiger partial charge >= 0.3 is 0 Å². The first-order chi connectivity index (χ1) is 8.74. The Labute approximate surface area is 115 Å². The number of rotatable bonds is 8. The molecule has 0 saturated carbocycles. The standard InChI is InChI=1S/C13H24N4S/c1-5-11-12(14-6-2)15-10-16-13(11)17(3)8-7-9-18-4/h10H,5-9H2,1-4H3,(H,14,15,16). The van der Waals surface area contributed by atoms with Gasteiger partial charge in [0.15, 0.2) is 0 Å². The van der Waals surface area contributed by atoms with E-state index in [1.54, 1.807) is 6.33 Å². The van der Waals surface area contributed by atoms with E-state index in [2.05, 4.69) is 47.3 Å². The van der Waals surface area contributed by atoms with Crippen molar-refractivity contribution in [2.75, 3.05) is 42.4 Å². The highest BCUT2D eigenvalue weighted by atomic mass is 32.2. The molecule has 0 aromatic carbocycles. The minimum absolute atomic E-state index is 0.889. The SMILES string of the molecule is CCNc1ncnc(N(C)CCCSC)c1CC. The molecule has 1 aromatic rings. The largest absolute Gasteiger partial charge is 0.370 e. The lowest BCUT2D eigenvalue weighted by molar-refractivity contribution is 0.829. The zero-order chi connectivity index (χ0) is 13.4. The van der Waals surface area contributed by atoms with Gasteiger partial charge in [-0.3, -0.25) is 0 Å². The molecule has 0 atom stereocenters. The number of anilines is 2. The maximum absolute atomic E-state index is 4.44. The summed E-state index contributed by atoms with van der Waals surface area (Å²) in [7, 11) is 2.11. The van der Waals surface area contributed by atoms with Crippen molar-refractivity contribution in [3.63, 3.8) is 0 Å².